The number of nitrogens with one attached hydrogen (secondary N) is 1. The molecule has 1 fully saturated rings. The number of nitrogens with zero attached hydrogens (tertiary/aromatic N) is 1. The van der Waals surface area contributed by atoms with Crippen LogP contribution in [0.1, 0.15) is 59.8 Å². The molecule has 0 radical (unpaired) electrons. The second-order valence-corrected chi connectivity index (χ2v) is 5.78. The van der Waals surface area contributed by atoms with E-state index < -0.39 is 0 Å². The quantitative estimate of drug-likeness (QED) is 0.790. The number of piperidine rings is 1. The average Bonchev–Trinajstić information content (AvgIpc) is 2.44. The van der Waals surface area contributed by atoms with Crippen LogP contribution in [0.4, 0.5) is 0 Å². The normalized spacial score (nSPS) is 20.8. The second kappa shape index (κ2) is 7.13. The smallest absolute Gasteiger partial charge is 0.236 e. The molecule has 1 amide bonds. The lowest BCUT2D eigenvalue weighted by molar-refractivity contribution is -0.132. The SMILES string of the molecule is CCC(C)NCC(=O)N1CCC(CC)(CC)CC1. The zero-order chi connectivity index (χ0) is 13.6. The third-order valence-electron chi connectivity index (χ3n) is 4.89. The van der Waals surface area contributed by atoms with Crippen molar-refractivity contribution >= 4 is 5.91 Å². The highest BCUT2D eigenvalue weighted by Gasteiger charge is 2.32. The highest BCUT2D eigenvalue weighted by Crippen LogP contribution is 2.37. The van der Waals surface area contributed by atoms with E-state index in [9.17, 15) is 4.79 Å². The van der Waals surface area contributed by atoms with Gasteiger partial charge in [-0.1, -0.05) is 33.6 Å². The van der Waals surface area contributed by atoms with Gasteiger partial charge in [0.1, 0.15) is 0 Å². The highest BCUT2D eigenvalue weighted by atomic mass is 16.2. The van der Waals surface area contributed by atoms with E-state index in [1.165, 1.54) is 25.7 Å². The third kappa shape index (κ3) is 3.98. The Morgan fingerprint density at radius 1 is 1.22 bits per heavy atom. The molecule has 1 atom stereocenters. The van der Waals surface area contributed by atoms with Crippen molar-refractivity contribution in [3.05, 3.63) is 0 Å². The zero-order valence-corrected chi connectivity index (χ0v) is 12.6. The van der Waals surface area contributed by atoms with Crippen LogP contribution in [0, 0.1) is 5.41 Å². The Labute approximate surface area is 112 Å². The van der Waals surface area contributed by atoms with Crippen molar-refractivity contribution in [2.75, 3.05) is 19.6 Å². The van der Waals surface area contributed by atoms with Crippen LogP contribution < -0.4 is 5.32 Å². The minimum absolute atomic E-state index is 0.274. The molecule has 106 valence electrons. The summed E-state index contributed by atoms with van der Waals surface area (Å²) in [5, 5.41) is 3.29. The fraction of sp³-hybridized carbons (Fsp3) is 0.933. The molecule has 0 saturated carbocycles. The Balaban J connectivity index is 2.36. The van der Waals surface area contributed by atoms with Crippen molar-refractivity contribution in [3.63, 3.8) is 0 Å². The number of carbonyl (C=O) groups is 1. The summed E-state index contributed by atoms with van der Waals surface area (Å²) in [4.78, 5) is 14.1. The molecule has 0 aliphatic carbocycles. The van der Waals surface area contributed by atoms with Crippen molar-refractivity contribution in [1.82, 2.24) is 10.2 Å². The molecule has 3 nitrogen and oxygen atoms in total. The summed E-state index contributed by atoms with van der Waals surface area (Å²) in [6, 6.07) is 0.434. The standard InChI is InChI=1S/C15H30N2O/c1-5-13(4)16-12-14(18)17-10-8-15(6-2,7-3)9-11-17/h13,16H,5-12H2,1-4H3. The summed E-state index contributed by atoms with van der Waals surface area (Å²) >= 11 is 0. The molecule has 1 aliphatic heterocycles. The molecule has 3 heteroatoms. The highest BCUT2D eigenvalue weighted by molar-refractivity contribution is 5.78. The summed E-state index contributed by atoms with van der Waals surface area (Å²) in [5.41, 5.74) is 0.501. The Hall–Kier alpha value is -0.570. The third-order valence-corrected chi connectivity index (χ3v) is 4.89. The van der Waals surface area contributed by atoms with E-state index in [0.717, 1.165) is 19.5 Å². The maximum atomic E-state index is 12.1. The predicted molar refractivity (Wildman–Crippen MR) is 76.6 cm³/mol. The summed E-state index contributed by atoms with van der Waals surface area (Å²) in [7, 11) is 0. The molecule has 0 aromatic carbocycles. The molecule has 1 unspecified atom stereocenters. The van der Waals surface area contributed by atoms with Gasteiger partial charge in [-0.3, -0.25) is 4.79 Å². The Kier molecular flexibility index (Phi) is 6.13. The van der Waals surface area contributed by atoms with Gasteiger partial charge in [0.05, 0.1) is 6.54 Å². The Morgan fingerprint density at radius 3 is 2.22 bits per heavy atom. The van der Waals surface area contributed by atoms with Gasteiger partial charge in [0.15, 0.2) is 0 Å². The first-order valence-electron chi connectivity index (χ1n) is 7.58. The van der Waals surface area contributed by atoms with E-state index in [1.54, 1.807) is 0 Å². The molecule has 1 N–H and O–H groups in total. The number of hydrogen-bond acceptors (Lipinski definition) is 2. The van der Waals surface area contributed by atoms with E-state index in [-0.39, 0.29) is 5.91 Å². The summed E-state index contributed by atoms with van der Waals surface area (Å²) in [6.45, 7) is 11.2. The Bertz CT molecular complexity index is 251. The number of likely N-dealkylation sites (tertiary alicyclic amines) is 1. The van der Waals surface area contributed by atoms with Crippen molar-refractivity contribution < 1.29 is 4.79 Å². The molecular formula is C15H30N2O. The lowest BCUT2D eigenvalue weighted by Gasteiger charge is -2.41. The number of hydrogen-bond donors (Lipinski definition) is 1. The van der Waals surface area contributed by atoms with Crippen LogP contribution >= 0.6 is 0 Å². The van der Waals surface area contributed by atoms with Gasteiger partial charge >= 0.3 is 0 Å². The first-order chi connectivity index (χ1) is 8.56. The molecule has 1 saturated heterocycles. The van der Waals surface area contributed by atoms with Crippen LogP contribution in [0.5, 0.6) is 0 Å². The van der Waals surface area contributed by atoms with E-state index >= 15 is 0 Å². The number of carbonyl (C=O) groups excluding carboxylic acids is 1. The lowest BCUT2D eigenvalue weighted by atomic mass is 9.74. The number of amides is 1. The van der Waals surface area contributed by atoms with Crippen molar-refractivity contribution in [2.24, 2.45) is 5.41 Å². The second-order valence-electron chi connectivity index (χ2n) is 5.78. The maximum Gasteiger partial charge on any atom is 0.236 e. The van der Waals surface area contributed by atoms with Crippen molar-refractivity contribution in [2.45, 2.75) is 65.8 Å². The molecular weight excluding hydrogens is 224 g/mol. The molecule has 1 aliphatic rings. The van der Waals surface area contributed by atoms with Crippen LogP contribution in [0.2, 0.25) is 0 Å². The molecule has 0 spiro atoms. The Morgan fingerprint density at radius 2 is 1.78 bits per heavy atom. The van der Waals surface area contributed by atoms with E-state index in [1.807, 2.05) is 4.90 Å². The van der Waals surface area contributed by atoms with Gasteiger partial charge in [0.25, 0.3) is 0 Å². The van der Waals surface area contributed by atoms with Crippen LogP contribution in [-0.4, -0.2) is 36.5 Å². The van der Waals surface area contributed by atoms with Gasteiger partial charge in [-0.15, -0.1) is 0 Å². The van der Waals surface area contributed by atoms with Crippen LogP contribution in [-0.2, 0) is 4.79 Å². The van der Waals surface area contributed by atoms with Crippen molar-refractivity contribution in [3.8, 4) is 0 Å². The topological polar surface area (TPSA) is 32.3 Å². The molecule has 0 bridgehead atoms. The largest absolute Gasteiger partial charge is 0.342 e. The lowest BCUT2D eigenvalue weighted by Crippen LogP contribution is -2.46. The molecule has 0 aromatic heterocycles. The minimum atomic E-state index is 0.274. The van der Waals surface area contributed by atoms with E-state index in [0.29, 0.717) is 18.0 Å². The van der Waals surface area contributed by atoms with Crippen molar-refractivity contribution in [1.29, 1.82) is 0 Å². The zero-order valence-electron chi connectivity index (χ0n) is 12.6. The summed E-state index contributed by atoms with van der Waals surface area (Å²) < 4.78 is 0. The van der Waals surface area contributed by atoms with Gasteiger partial charge in [-0.25, -0.2) is 0 Å². The molecule has 0 aromatic rings. The number of rotatable bonds is 6. The van der Waals surface area contributed by atoms with E-state index in [2.05, 4.69) is 33.0 Å². The fourth-order valence-electron chi connectivity index (χ4n) is 2.71. The summed E-state index contributed by atoms with van der Waals surface area (Å²) in [6.07, 6.45) is 5.92. The maximum absolute atomic E-state index is 12.1. The minimum Gasteiger partial charge on any atom is -0.342 e. The molecule has 1 heterocycles. The van der Waals surface area contributed by atoms with Gasteiger partial charge in [-0.05, 0) is 31.6 Å². The molecule has 1 rings (SSSR count). The predicted octanol–water partition coefficient (Wildman–Crippen LogP) is 2.80. The monoisotopic (exact) mass is 254 g/mol. The first kappa shape index (κ1) is 15.5. The first-order valence-corrected chi connectivity index (χ1v) is 7.58. The van der Waals surface area contributed by atoms with Crippen LogP contribution in [0.25, 0.3) is 0 Å². The van der Waals surface area contributed by atoms with Gasteiger partial charge < -0.3 is 10.2 Å². The van der Waals surface area contributed by atoms with E-state index in [4.69, 9.17) is 0 Å². The molecule has 18 heavy (non-hydrogen) atoms. The summed E-state index contributed by atoms with van der Waals surface area (Å²) in [5.74, 6) is 0.274. The van der Waals surface area contributed by atoms with Crippen LogP contribution in [0.3, 0.4) is 0 Å². The van der Waals surface area contributed by atoms with Gasteiger partial charge in [-0.2, -0.15) is 0 Å². The fourth-order valence-corrected chi connectivity index (χ4v) is 2.71. The average molecular weight is 254 g/mol. The van der Waals surface area contributed by atoms with Crippen LogP contribution in [0.15, 0.2) is 0 Å². The van der Waals surface area contributed by atoms with Gasteiger partial charge in [0.2, 0.25) is 5.91 Å². The van der Waals surface area contributed by atoms with Gasteiger partial charge in [0, 0.05) is 19.1 Å².